The van der Waals surface area contributed by atoms with Gasteiger partial charge in [-0.25, -0.2) is 0 Å². The van der Waals surface area contributed by atoms with Crippen molar-refractivity contribution in [1.29, 1.82) is 0 Å². The molecule has 0 aliphatic carbocycles. The van der Waals surface area contributed by atoms with Crippen molar-refractivity contribution in [2.45, 2.75) is 33.3 Å². The number of rotatable bonds is 4. The van der Waals surface area contributed by atoms with Gasteiger partial charge in [0.05, 0.1) is 6.10 Å². The van der Waals surface area contributed by atoms with Crippen LogP contribution in [0.5, 0.6) is 0 Å². The Balaban J connectivity index is 3.82. The lowest BCUT2D eigenvalue weighted by Crippen LogP contribution is -2.16. The first kappa shape index (κ1) is 10.7. The number of hydrogen-bond donors (Lipinski definition) is 2. The van der Waals surface area contributed by atoms with Crippen molar-refractivity contribution in [3.8, 4) is 0 Å². The molecule has 0 saturated heterocycles. The summed E-state index contributed by atoms with van der Waals surface area (Å²) in [6, 6.07) is 0. The molecule has 0 amide bonds. The molecule has 11 heavy (non-hydrogen) atoms. The Morgan fingerprint density at radius 3 is 2.36 bits per heavy atom. The van der Waals surface area contributed by atoms with E-state index in [0.29, 0.717) is 6.42 Å². The maximum Gasteiger partial charge on any atom is 0.0749 e. The zero-order valence-electron chi connectivity index (χ0n) is 7.54. The van der Waals surface area contributed by atoms with Gasteiger partial charge in [-0.3, -0.25) is 0 Å². The minimum absolute atomic E-state index is 0.148. The Bertz CT molecular complexity index is 126. The van der Waals surface area contributed by atoms with E-state index in [1.54, 1.807) is 0 Å². The summed E-state index contributed by atoms with van der Waals surface area (Å²) in [7, 11) is 0. The average Bonchev–Trinajstić information content (AvgIpc) is 1.86. The lowest BCUT2D eigenvalue weighted by Gasteiger charge is -2.14. The minimum atomic E-state index is -0.410. The maximum atomic E-state index is 9.43. The number of aliphatic hydroxyl groups excluding tert-OH is 2. The van der Waals surface area contributed by atoms with Gasteiger partial charge in [-0.2, -0.15) is 0 Å². The quantitative estimate of drug-likeness (QED) is 0.606. The largest absolute Gasteiger partial charge is 0.396 e. The molecule has 0 aromatic rings. The number of hydrogen-bond acceptors (Lipinski definition) is 2. The SMILES string of the molecule is CC(C)=C[C@@H](O)[C@@H](C)CCO. The molecule has 2 N–H and O–H groups in total. The summed E-state index contributed by atoms with van der Waals surface area (Å²) >= 11 is 0. The highest BCUT2D eigenvalue weighted by Gasteiger charge is 2.09. The second-order valence-corrected chi connectivity index (χ2v) is 3.22. The molecule has 0 radical (unpaired) electrons. The smallest absolute Gasteiger partial charge is 0.0749 e. The van der Waals surface area contributed by atoms with Crippen molar-refractivity contribution in [2.24, 2.45) is 5.92 Å². The summed E-state index contributed by atoms with van der Waals surface area (Å²) < 4.78 is 0. The zero-order chi connectivity index (χ0) is 8.85. The van der Waals surface area contributed by atoms with Crippen LogP contribution >= 0.6 is 0 Å². The fourth-order valence-electron chi connectivity index (χ4n) is 0.880. The average molecular weight is 158 g/mol. The molecule has 0 unspecified atom stereocenters. The van der Waals surface area contributed by atoms with Crippen molar-refractivity contribution in [2.75, 3.05) is 6.61 Å². The van der Waals surface area contributed by atoms with E-state index in [1.807, 2.05) is 26.8 Å². The molecule has 0 aromatic heterocycles. The van der Waals surface area contributed by atoms with Crippen LogP contribution in [0.4, 0.5) is 0 Å². The van der Waals surface area contributed by atoms with E-state index >= 15 is 0 Å². The van der Waals surface area contributed by atoms with Gasteiger partial charge in [0, 0.05) is 6.61 Å². The Morgan fingerprint density at radius 2 is 2.00 bits per heavy atom. The number of allylic oxidation sites excluding steroid dienone is 1. The molecule has 0 spiro atoms. The van der Waals surface area contributed by atoms with Gasteiger partial charge in [-0.05, 0) is 26.2 Å². The lowest BCUT2D eigenvalue weighted by molar-refractivity contribution is 0.137. The van der Waals surface area contributed by atoms with E-state index in [2.05, 4.69) is 0 Å². The highest BCUT2D eigenvalue weighted by Crippen LogP contribution is 2.10. The molecular weight excluding hydrogens is 140 g/mol. The second kappa shape index (κ2) is 5.33. The lowest BCUT2D eigenvalue weighted by atomic mass is 10.00. The van der Waals surface area contributed by atoms with Crippen LogP contribution < -0.4 is 0 Å². The predicted molar refractivity (Wildman–Crippen MR) is 46.3 cm³/mol. The molecule has 0 heterocycles. The van der Waals surface area contributed by atoms with Crippen LogP contribution in [0.1, 0.15) is 27.2 Å². The number of aliphatic hydroxyl groups is 2. The van der Waals surface area contributed by atoms with Gasteiger partial charge in [-0.15, -0.1) is 0 Å². The normalized spacial score (nSPS) is 15.7. The van der Waals surface area contributed by atoms with E-state index in [4.69, 9.17) is 5.11 Å². The van der Waals surface area contributed by atoms with Crippen molar-refractivity contribution < 1.29 is 10.2 Å². The third kappa shape index (κ3) is 4.99. The molecule has 2 atom stereocenters. The molecule has 2 nitrogen and oxygen atoms in total. The fraction of sp³-hybridized carbons (Fsp3) is 0.778. The van der Waals surface area contributed by atoms with Gasteiger partial charge in [-0.1, -0.05) is 18.6 Å². The van der Waals surface area contributed by atoms with Crippen molar-refractivity contribution in [1.82, 2.24) is 0 Å². The third-order valence-electron chi connectivity index (χ3n) is 1.67. The maximum absolute atomic E-state index is 9.43. The summed E-state index contributed by atoms with van der Waals surface area (Å²) in [4.78, 5) is 0. The first-order valence-corrected chi connectivity index (χ1v) is 4.02. The molecule has 0 fully saturated rings. The Labute approximate surface area is 68.6 Å². The van der Waals surface area contributed by atoms with Crippen molar-refractivity contribution >= 4 is 0 Å². The van der Waals surface area contributed by atoms with E-state index < -0.39 is 6.10 Å². The van der Waals surface area contributed by atoms with Gasteiger partial charge in [0.15, 0.2) is 0 Å². The van der Waals surface area contributed by atoms with E-state index in [0.717, 1.165) is 5.57 Å². The van der Waals surface area contributed by atoms with Crippen LogP contribution in [-0.2, 0) is 0 Å². The third-order valence-corrected chi connectivity index (χ3v) is 1.67. The fourth-order valence-corrected chi connectivity index (χ4v) is 0.880. The van der Waals surface area contributed by atoms with Crippen LogP contribution in [0.2, 0.25) is 0 Å². The summed E-state index contributed by atoms with van der Waals surface area (Å²) in [5.41, 5.74) is 1.11. The van der Waals surface area contributed by atoms with E-state index in [9.17, 15) is 5.11 Å². The van der Waals surface area contributed by atoms with E-state index in [-0.39, 0.29) is 12.5 Å². The first-order chi connectivity index (χ1) is 5.07. The summed E-state index contributed by atoms with van der Waals surface area (Å²) in [5, 5.41) is 18.0. The topological polar surface area (TPSA) is 40.5 Å². The van der Waals surface area contributed by atoms with Crippen molar-refractivity contribution in [3.63, 3.8) is 0 Å². The monoisotopic (exact) mass is 158 g/mol. The van der Waals surface area contributed by atoms with Gasteiger partial charge in [0.25, 0.3) is 0 Å². The van der Waals surface area contributed by atoms with Gasteiger partial charge in [0.2, 0.25) is 0 Å². The van der Waals surface area contributed by atoms with Gasteiger partial charge >= 0.3 is 0 Å². The predicted octanol–water partition coefficient (Wildman–Crippen LogP) is 1.33. The molecular formula is C9H18O2. The second-order valence-electron chi connectivity index (χ2n) is 3.22. The summed E-state index contributed by atoms with van der Waals surface area (Å²) in [5.74, 6) is 0.148. The van der Waals surface area contributed by atoms with Crippen LogP contribution in [0.15, 0.2) is 11.6 Å². The van der Waals surface area contributed by atoms with Crippen LogP contribution in [0.3, 0.4) is 0 Å². The Morgan fingerprint density at radius 1 is 1.45 bits per heavy atom. The van der Waals surface area contributed by atoms with Crippen molar-refractivity contribution in [3.05, 3.63) is 11.6 Å². The standard InChI is InChI=1S/C9H18O2/c1-7(2)6-9(11)8(3)4-5-10/h6,8-11H,4-5H2,1-3H3/t8-,9+/m0/s1. The molecule has 0 aromatic carbocycles. The molecule has 0 bridgehead atoms. The first-order valence-electron chi connectivity index (χ1n) is 4.02. The molecule has 0 saturated carbocycles. The molecule has 2 heteroatoms. The molecule has 0 aliphatic heterocycles. The van der Waals surface area contributed by atoms with Gasteiger partial charge in [0.1, 0.15) is 0 Å². The minimum Gasteiger partial charge on any atom is -0.396 e. The summed E-state index contributed by atoms with van der Waals surface area (Å²) in [6.07, 6.45) is 2.07. The Hall–Kier alpha value is -0.340. The van der Waals surface area contributed by atoms with E-state index in [1.165, 1.54) is 0 Å². The van der Waals surface area contributed by atoms with Crippen LogP contribution in [-0.4, -0.2) is 22.9 Å². The summed E-state index contributed by atoms with van der Waals surface area (Å²) in [6.45, 7) is 5.99. The zero-order valence-corrected chi connectivity index (χ0v) is 7.54. The van der Waals surface area contributed by atoms with Crippen LogP contribution in [0.25, 0.3) is 0 Å². The highest BCUT2D eigenvalue weighted by atomic mass is 16.3. The Kier molecular flexibility index (Phi) is 5.16. The van der Waals surface area contributed by atoms with Gasteiger partial charge < -0.3 is 10.2 Å². The molecule has 66 valence electrons. The molecule has 0 rings (SSSR count). The van der Waals surface area contributed by atoms with Crippen LogP contribution in [0, 0.1) is 5.92 Å². The molecule has 0 aliphatic rings. The highest BCUT2D eigenvalue weighted by molar-refractivity contribution is 4.99.